The van der Waals surface area contributed by atoms with Crippen LogP contribution in [0.3, 0.4) is 0 Å². The van der Waals surface area contributed by atoms with Crippen molar-refractivity contribution in [1.82, 2.24) is 0 Å². The number of nitro benzene ring substituents is 1. The van der Waals surface area contributed by atoms with Crippen LogP contribution in [0.4, 0.5) is 11.4 Å². The molecule has 0 amide bonds. The third-order valence-electron chi connectivity index (χ3n) is 3.32. The van der Waals surface area contributed by atoms with E-state index in [4.69, 9.17) is 0 Å². The molecule has 0 unspecified atom stereocenters. The summed E-state index contributed by atoms with van der Waals surface area (Å²) in [6.45, 7) is 6.60. The van der Waals surface area contributed by atoms with Crippen molar-refractivity contribution in [1.29, 1.82) is 0 Å². The van der Waals surface area contributed by atoms with Gasteiger partial charge in [-0.05, 0) is 43.5 Å². The van der Waals surface area contributed by atoms with E-state index >= 15 is 0 Å². The Morgan fingerprint density at radius 1 is 1.05 bits per heavy atom. The number of nitrogens with one attached hydrogen (secondary N) is 1. The van der Waals surface area contributed by atoms with Crippen LogP contribution < -0.4 is 5.32 Å². The largest absolute Gasteiger partial charge is 0.375 e. The van der Waals surface area contributed by atoms with E-state index in [0.29, 0.717) is 12.2 Å². The minimum atomic E-state index is -0.357. The molecule has 0 aliphatic rings. The quantitative estimate of drug-likeness (QED) is 0.671. The second kappa shape index (κ2) is 5.74. The van der Waals surface area contributed by atoms with Gasteiger partial charge >= 0.3 is 0 Å². The van der Waals surface area contributed by atoms with Crippen LogP contribution in [0.1, 0.15) is 22.3 Å². The number of rotatable bonds is 4. The summed E-state index contributed by atoms with van der Waals surface area (Å²) in [4.78, 5) is 10.7. The Morgan fingerprint density at radius 2 is 1.70 bits per heavy atom. The summed E-state index contributed by atoms with van der Waals surface area (Å²) in [7, 11) is 0. The first kappa shape index (κ1) is 14.1. The first-order valence-corrected chi connectivity index (χ1v) is 6.52. The van der Waals surface area contributed by atoms with Crippen LogP contribution in [0.2, 0.25) is 0 Å². The monoisotopic (exact) mass is 270 g/mol. The fraction of sp³-hybridized carbons (Fsp3) is 0.250. The van der Waals surface area contributed by atoms with Crippen molar-refractivity contribution in [3.63, 3.8) is 0 Å². The fourth-order valence-electron chi connectivity index (χ4n) is 2.19. The molecule has 2 aromatic carbocycles. The lowest BCUT2D eigenvalue weighted by Gasteiger charge is -2.10. The van der Waals surface area contributed by atoms with Gasteiger partial charge in [-0.25, -0.2) is 0 Å². The molecular formula is C16H18N2O2. The number of aryl methyl sites for hydroxylation is 3. The summed E-state index contributed by atoms with van der Waals surface area (Å²) >= 11 is 0. The average molecular weight is 270 g/mol. The summed E-state index contributed by atoms with van der Waals surface area (Å²) in [5.41, 5.74) is 5.22. The van der Waals surface area contributed by atoms with E-state index in [1.54, 1.807) is 12.1 Å². The molecule has 20 heavy (non-hydrogen) atoms. The Morgan fingerprint density at radius 3 is 2.35 bits per heavy atom. The normalized spacial score (nSPS) is 10.3. The van der Waals surface area contributed by atoms with E-state index in [-0.39, 0.29) is 10.6 Å². The van der Waals surface area contributed by atoms with Crippen molar-refractivity contribution in [2.75, 3.05) is 5.32 Å². The van der Waals surface area contributed by atoms with E-state index in [1.165, 1.54) is 11.1 Å². The standard InChI is InChI=1S/C16H18N2O2/c1-11-4-6-14(13(3)8-11)10-17-15-9-12(2)5-7-16(15)18(19)20/h4-9,17H,10H2,1-3H3. The fourth-order valence-corrected chi connectivity index (χ4v) is 2.19. The minimum Gasteiger partial charge on any atom is -0.375 e. The van der Waals surface area contributed by atoms with Crippen LogP contribution in [-0.4, -0.2) is 4.92 Å². The van der Waals surface area contributed by atoms with Gasteiger partial charge in [0.1, 0.15) is 5.69 Å². The van der Waals surface area contributed by atoms with Gasteiger partial charge in [0.25, 0.3) is 5.69 Å². The summed E-state index contributed by atoms with van der Waals surface area (Å²) in [6, 6.07) is 11.3. The van der Waals surface area contributed by atoms with Crippen LogP contribution >= 0.6 is 0 Å². The number of nitrogens with zero attached hydrogens (tertiary/aromatic N) is 1. The number of anilines is 1. The highest BCUT2D eigenvalue weighted by molar-refractivity contribution is 5.62. The van der Waals surface area contributed by atoms with Crippen molar-refractivity contribution in [3.05, 3.63) is 68.8 Å². The van der Waals surface area contributed by atoms with E-state index in [1.807, 2.05) is 13.0 Å². The molecule has 104 valence electrons. The molecule has 0 heterocycles. The highest BCUT2D eigenvalue weighted by Crippen LogP contribution is 2.26. The Bertz CT molecular complexity index is 651. The van der Waals surface area contributed by atoms with Gasteiger partial charge in [-0.15, -0.1) is 0 Å². The molecule has 0 bridgehead atoms. The molecule has 2 rings (SSSR count). The van der Waals surface area contributed by atoms with Crippen molar-refractivity contribution in [2.24, 2.45) is 0 Å². The maximum atomic E-state index is 11.0. The summed E-state index contributed by atoms with van der Waals surface area (Å²) in [6.07, 6.45) is 0. The maximum Gasteiger partial charge on any atom is 0.292 e. The number of hydrogen-bond donors (Lipinski definition) is 1. The zero-order valence-electron chi connectivity index (χ0n) is 11.9. The molecule has 0 saturated heterocycles. The SMILES string of the molecule is Cc1ccc(CNc2cc(C)ccc2[N+](=O)[O-])c(C)c1. The number of nitro groups is 1. The van der Waals surface area contributed by atoms with Crippen LogP contribution in [-0.2, 0) is 6.54 Å². The van der Waals surface area contributed by atoms with Gasteiger partial charge in [0, 0.05) is 12.6 Å². The first-order valence-electron chi connectivity index (χ1n) is 6.52. The highest BCUT2D eigenvalue weighted by atomic mass is 16.6. The topological polar surface area (TPSA) is 55.2 Å². The van der Waals surface area contributed by atoms with Gasteiger partial charge in [0.15, 0.2) is 0 Å². The number of hydrogen-bond acceptors (Lipinski definition) is 3. The second-order valence-corrected chi connectivity index (χ2v) is 5.06. The lowest BCUT2D eigenvalue weighted by atomic mass is 10.1. The molecule has 0 aliphatic heterocycles. The lowest BCUT2D eigenvalue weighted by molar-refractivity contribution is -0.384. The maximum absolute atomic E-state index is 11.0. The van der Waals surface area contributed by atoms with Crippen molar-refractivity contribution >= 4 is 11.4 Å². The van der Waals surface area contributed by atoms with Gasteiger partial charge < -0.3 is 5.32 Å². The van der Waals surface area contributed by atoms with Crippen LogP contribution in [0.25, 0.3) is 0 Å². The molecule has 0 saturated carbocycles. The molecule has 0 radical (unpaired) electrons. The Hall–Kier alpha value is -2.36. The molecule has 0 spiro atoms. The van der Waals surface area contributed by atoms with Crippen molar-refractivity contribution < 1.29 is 4.92 Å². The average Bonchev–Trinajstić information content (AvgIpc) is 2.37. The predicted octanol–water partition coefficient (Wildman–Crippen LogP) is 4.13. The van der Waals surface area contributed by atoms with E-state index in [2.05, 4.69) is 37.4 Å². The zero-order chi connectivity index (χ0) is 14.7. The smallest absolute Gasteiger partial charge is 0.292 e. The Labute approximate surface area is 118 Å². The lowest BCUT2D eigenvalue weighted by Crippen LogP contribution is -2.04. The minimum absolute atomic E-state index is 0.111. The van der Waals surface area contributed by atoms with Crippen LogP contribution in [0, 0.1) is 30.9 Å². The highest BCUT2D eigenvalue weighted by Gasteiger charge is 2.13. The third-order valence-corrected chi connectivity index (χ3v) is 3.32. The van der Waals surface area contributed by atoms with Crippen molar-refractivity contribution in [2.45, 2.75) is 27.3 Å². The number of benzene rings is 2. The Balaban J connectivity index is 2.22. The van der Waals surface area contributed by atoms with Gasteiger partial charge in [0.2, 0.25) is 0 Å². The second-order valence-electron chi connectivity index (χ2n) is 5.06. The summed E-state index contributed by atoms with van der Waals surface area (Å²) in [5, 5.41) is 14.2. The van der Waals surface area contributed by atoms with Gasteiger partial charge in [0.05, 0.1) is 4.92 Å². The molecule has 2 aromatic rings. The molecular weight excluding hydrogens is 252 g/mol. The van der Waals surface area contributed by atoms with Gasteiger partial charge in [-0.1, -0.05) is 29.8 Å². The molecule has 4 nitrogen and oxygen atoms in total. The Kier molecular flexibility index (Phi) is 4.03. The zero-order valence-corrected chi connectivity index (χ0v) is 11.9. The van der Waals surface area contributed by atoms with Crippen LogP contribution in [0.15, 0.2) is 36.4 Å². The molecule has 0 atom stereocenters. The van der Waals surface area contributed by atoms with Gasteiger partial charge in [-0.3, -0.25) is 10.1 Å². The van der Waals surface area contributed by atoms with E-state index in [0.717, 1.165) is 11.1 Å². The summed E-state index contributed by atoms with van der Waals surface area (Å²) < 4.78 is 0. The third kappa shape index (κ3) is 3.15. The van der Waals surface area contributed by atoms with Crippen LogP contribution in [0.5, 0.6) is 0 Å². The predicted molar refractivity (Wildman–Crippen MR) is 81.1 cm³/mol. The van der Waals surface area contributed by atoms with Gasteiger partial charge in [-0.2, -0.15) is 0 Å². The van der Waals surface area contributed by atoms with E-state index in [9.17, 15) is 10.1 Å². The molecule has 0 fully saturated rings. The van der Waals surface area contributed by atoms with Crippen molar-refractivity contribution in [3.8, 4) is 0 Å². The summed E-state index contributed by atoms with van der Waals surface area (Å²) in [5.74, 6) is 0. The first-order chi connectivity index (χ1) is 9.47. The van der Waals surface area contributed by atoms with E-state index < -0.39 is 0 Å². The molecule has 0 aromatic heterocycles. The molecule has 4 heteroatoms. The molecule has 0 aliphatic carbocycles. The molecule has 1 N–H and O–H groups in total.